The van der Waals surface area contributed by atoms with Gasteiger partial charge in [0.25, 0.3) is 0 Å². The summed E-state index contributed by atoms with van der Waals surface area (Å²) in [5, 5.41) is 15.4. The second kappa shape index (κ2) is 8.03. The molecule has 1 aromatic heterocycles. The average molecular weight is 421 g/mol. The largest absolute Gasteiger partial charge is 0.398 e. The molecule has 10 heteroatoms. The standard InChI is InChI=1S/C19H25FN4O4Si/c1-13(25)23-6-5-14-9-15(17(20)10-18(14)23)16-11-22(21-19(16)24(26)27)12-28-7-8-29(2,3)4/h9-11H,5-8,12H2,1-4H3. The van der Waals surface area contributed by atoms with Crippen molar-refractivity contribution in [2.24, 2.45) is 0 Å². The molecule has 0 saturated heterocycles. The molecule has 1 aromatic carbocycles. The summed E-state index contributed by atoms with van der Waals surface area (Å²) >= 11 is 0. The van der Waals surface area contributed by atoms with Crippen LogP contribution in [0.4, 0.5) is 15.9 Å². The first-order valence-electron chi connectivity index (χ1n) is 9.47. The molecule has 3 rings (SSSR count). The molecule has 0 aliphatic carbocycles. The number of hydrogen-bond acceptors (Lipinski definition) is 5. The Bertz CT molecular complexity index is 954. The Morgan fingerprint density at radius 3 is 2.69 bits per heavy atom. The van der Waals surface area contributed by atoms with Crippen LogP contribution in [0.1, 0.15) is 12.5 Å². The first-order chi connectivity index (χ1) is 13.6. The Morgan fingerprint density at radius 1 is 1.34 bits per heavy atom. The summed E-state index contributed by atoms with van der Waals surface area (Å²) in [5.41, 5.74) is 1.51. The van der Waals surface area contributed by atoms with Gasteiger partial charge in [-0.15, -0.1) is 0 Å². The SMILES string of the molecule is CC(=O)N1CCc2cc(-c3cn(COCC[Si](C)(C)C)nc3[N+](=O)[O-])c(F)cc21. The zero-order valence-corrected chi connectivity index (χ0v) is 18.1. The van der Waals surface area contributed by atoms with Crippen LogP contribution in [-0.2, 0) is 22.7 Å². The number of halogens is 1. The highest BCUT2D eigenvalue weighted by Crippen LogP contribution is 2.37. The van der Waals surface area contributed by atoms with Gasteiger partial charge in [0.1, 0.15) is 11.4 Å². The van der Waals surface area contributed by atoms with Crippen molar-refractivity contribution in [3.8, 4) is 11.1 Å². The molecule has 2 heterocycles. The number of carbonyl (C=O) groups excluding carboxylic acids is 1. The third-order valence-electron chi connectivity index (χ3n) is 4.87. The molecule has 8 nitrogen and oxygen atoms in total. The van der Waals surface area contributed by atoms with E-state index in [4.69, 9.17) is 4.74 Å². The van der Waals surface area contributed by atoms with Crippen molar-refractivity contribution in [3.63, 3.8) is 0 Å². The number of nitrogens with zero attached hydrogens (tertiary/aromatic N) is 4. The van der Waals surface area contributed by atoms with Crippen LogP contribution in [0.2, 0.25) is 25.7 Å². The molecular formula is C19H25FN4O4Si. The van der Waals surface area contributed by atoms with E-state index in [9.17, 15) is 19.3 Å². The van der Waals surface area contributed by atoms with Crippen LogP contribution in [0.25, 0.3) is 11.1 Å². The molecule has 0 unspecified atom stereocenters. The van der Waals surface area contributed by atoms with Gasteiger partial charge >= 0.3 is 5.82 Å². The summed E-state index contributed by atoms with van der Waals surface area (Å²) in [7, 11) is -1.24. The average Bonchev–Trinajstić information content (AvgIpc) is 3.21. The Morgan fingerprint density at radius 2 is 2.07 bits per heavy atom. The van der Waals surface area contributed by atoms with E-state index in [1.54, 1.807) is 6.07 Å². The van der Waals surface area contributed by atoms with E-state index in [1.807, 2.05) is 0 Å². The van der Waals surface area contributed by atoms with Gasteiger partial charge in [-0.1, -0.05) is 19.6 Å². The number of benzene rings is 1. The summed E-state index contributed by atoms with van der Waals surface area (Å²) in [4.78, 5) is 24.1. The lowest BCUT2D eigenvalue weighted by atomic mass is 10.0. The molecule has 0 N–H and O–H groups in total. The third-order valence-corrected chi connectivity index (χ3v) is 6.57. The Hall–Kier alpha value is -2.59. The predicted octanol–water partition coefficient (Wildman–Crippen LogP) is 3.82. The molecule has 0 bridgehead atoms. The number of nitro groups is 1. The molecule has 0 fully saturated rings. The molecule has 156 valence electrons. The highest BCUT2D eigenvalue weighted by molar-refractivity contribution is 6.76. The number of anilines is 1. The van der Waals surface area contributed by atoms with E-state index in [-0.39, 0.29) is 23.8 Å². The van der Waals surface area contributed by atoms with Crippen LogP contribution in [-0.4, -0.2) is 41.8 Å². The molecule has 1 aliphatic rings. The normalized spacial score (nSPS) is 13.6. The molecule has 0 radical (unpaired) electrons. The van der Waals surface area contributed by atoms with Gasteiger partial charge < -0.3 is 19.8 Å². The van der Waals surface area contributed by atoms with Crippen molar-refractivity contribution < 1.29 is 18.8 Å². The fraction of sp³-hybridized carbons (Fsp3) is 0.474. The maximum Gasteiger partial charge on any atom is 0.398 e. The Kier molecular flexibility index (Phi) is 5.85. The fourth-order valence-corrected chi connectivity index (χ4v) is 4.04. The lowest BCUT2D eigenvalue weighted by molar-refractivity contribution is -0.389. The summed E-state index contributed by atoms with van der Waals surface area (Å²) in [6.07, 6.45) is 2.01. The van der Waals surface area contributed by atoms with Crippen molar-refractivity contribution >= 4 is 25.5 Å². The van der Waals surface area contributed by atoms with Gasteiger partial charge in [0.15, 0.2) is 6.73 Å². The van der Waals surface area contributed by atoms with Crippen LogP contribution in [0, 0.1) is 15.9 Å². The van der Waals surface area contributed by atoms with Crippen molar-refractivity contribution in [2.75, 3.05) is 18.1 Å². The van der Waals surface area contributed by atoms with Crippen molar-refractivity contribution in [1.29, 1.82) is 0 Å². The summed E-state index contributed by atoms with van der Waals surface area (Å²) in [6, 6.07) is 3.81. The third kappa shape index (κ3) is 4.70. The fourth-order valence-electron chi connectivity index (χ4n) is 3.28. The number of rotatable bonds is 7. The van der Waals surface area contributed by atoms with E-state index in [0.29, 0.717) is 25.3 Å². The first-order valence-corrected chi connectivity index (χ1v) is 13.2. The topological polar surface area (TPSA) is 90.5 Å². The molecular weight excluding hydrogens is 395 g/mol. The van der Waals surface area contributed by atoms with Crippen molar-refractivity contribution in [3.05, 3.63) is 39.8 Å². The molecule has 0 saturated carbocycles. The molecule has 29 heavy (non-hydrogen) atoms. The van der Waals surface area contributed by atoms with Gasteiger partial charge in [0.05, 0.1) is 11.3 Å². The van der Waals surface area contributed by atoms with Gasteiger partial charge in [-0.05, 0) is 35.1 Å². The number of aromatic nitrogens is 2. The van der Waals surface area contributed by atoms with Crippen LogP contribution >= 0.6 is 0 Å². The quantitative estimate of drug-likeness (QED) is 0.294. The van der Waals surface area contributed by atoms with Crippen molar-refractivity contribution in [1.82, 2.24) is 9.78 Å². The Labute approximate surface area is 169 Å². The zero-order chi connectivity index (χ0) is 21.3. The highest BCUT2D eigenvalue weighted by atomic mass is 28.3. The van der Waals surface area contributed by atoms with E-state index < -0.39 is 24.6 Å². The van der Waals surface area contributed by atoms with Crippen LogP contribution in [0.15, 0.2) is 18.3 Å². The second-order valence-electron chi connectivity index (χ2n) is 8.39. The predicted molar refractivity (Wildman–Crippen MR) is 110 cm³/mol. The maximum atomic E-state index is 14.8. The molecule has 1 aliphatic heterocycles. The molecule has 0 spiro atoms. The summed E-state index contributed by atoms with van der Waals surface area (Å²) < 4.78 is 21.8. The van der Waals surface area contributed by atoms with E-state index in [0.717, 1.165) is 11.6 Å². The number of fused-ring (bicyclic) bond motifs is 1. The lowest BCUT2D eigenvalue weighted by Crippen LogP contribution is -2.25. The highest BCUT2D eigenvalue weighted by Gasteiger charge is 2.29. The summed E-state index contributed by atoms with van der Waals surface area (Å²) in [5.74, 6) is -1.21. The molecule has 0 atom stereocenters. The van der Waals surface area contributed by atoms with E-state index in [2.05, 4.69) is 24.7 Å². The second-order valence-corrected chi connectivity index (χ2v) is 14.0. The minimum absolute atomic E-state index is 0.0655. The van der Waals surface area contributed by atoms with Crippen LogP contribution < -0.4 is 4.90 Å². The monoisotopic (exact) mass is 420 g/mol. The smallest absolute Gasteiger partial charge is 0.358 e. The van der Waals surface area contributed by atoms with Crippen molar-refractivity contribution in [2.45, 2.75) is 45.8 Å². The number of carbonyl (C=O) groups is 1. The maximum absolute atomic E-state index is 14.8. The van der Waals surface area contributed by atoms with E-state index >= 15 is 0 Å². The van der Waals surface area contributed by atoms with Gasteiger partial charge in [0, 0.05) is 39.4 Å². The van der Waals surface area contributed by atoms with Gasteiger partial charge in [0.2, 0.25) is 5.91 Å². The van der Waals surface area contributed by atoms with Gasteiger partial charge in [-0.2, -0.15) is 4.68 Å². The van der Waals surface area contributed by atoms with Crippen LogP contribution in [0.3, 0.4) is 0 Å². The summed E-state index contributed by atoms with van der Waals surface area (Å²) in [6.45, 7) is 9.21. The number of ether oxygens (including phenoxy) is 1. The minimum Gasteiger partial charge on any atom is -0.358 e. The zero-order valence-electron chi connectivity index (χ0n) is 17.1. The van der Waals surface area contributed by atoms with Gasteiger partial charge in [-0.3, -0.25) is 4.79 Å². The van der Waals surface area contributed by atoms with Crippen LogP contribution in [0.5, 0.6) is 0 Å². The number of hydrogen-bond donors (Lipinski definition) is 0. The van der Waals surface area contributed by atoms with Gasteiger partial charge in [-0.25, -0.2) is 4.39 Å². The Balaban J connectivity index is 1.88. The first kappa shape index (κ1) is 21.1. The number of amides is 1. The van der Waals surface area contributed by atoms with E-state index in [1.165, 1.54) is 28.8 Å². The lowest BCUT2D eigenvalue weighted by Gasteiger charge is -2.15. The molecule has 1 amide bonds. The minimum atomic E-state index is -1.24. The molecule has 2 aromatic rings.